The number of hydrogen-bond acceptors (Lipinski definition) is 5. The SMILES string of the molecule is CC(C)(C)OC(=O)CC[C@@H](C(N)=O)N1CC2=CC=C(O)CC2C1. The lowest BCUT2D eigenvalue weighted by Gasteiger charge is -2.25. The number of hydrogen-bond donors (Lipinski definition) is 2. The minimum atomic E-state index is -0.532. The summed E-state index contributed by atoms with van der Waals surface area (Å²) < 4.78 is 5.28. The molecule has 0 aromatic heterocycles. The number of carbonyl (C=O) groups is 2. The molecule has 1 heterocycles. The standard InChI is InChI=1S/C17H26N2O4/c1-17(2,3)23-15(21)7-6-14(16(18)22)19-9-11-4-5-13(20)8-12(11)10-19/h4-5,12,14,20H,6-10H2,1-3H3,(H2,18,22)/t12?,14-/m0/s1. The number of rotatable bonds is 5. The van der Waals surface area contributed by atoms with Gasteiger partial charge in [-0.25, -0.2) is 0 Å². The van der Waals surface area contributed by atoms with Gasteiger partial charge in [-0.05, 0) is 33.3 Å². The normalized spacial score (nSPS) is 22.8. The third kappa shape index (κ3) is 4.82. The molecule has 1 unspecified atom stereocenters. The number of likely N-dealkylation sites (tertiary alicyclic amines) is 1. The van der Waals surface area contributed by atoms with E-state index in [0.29, 0.717) is 31.7 Å². The number of amides is 1. The zero-order chi connectivity index (χ0) is 17.2. The summed E-state index contributed by atoms with van der Waals surface area (Å²) >= 11 is 0. The van der Waals surface area contributed by atoms with E-state index in [2.05, 4.69) is 0 Å². The van der Waals surface area contributed by atoms with Gasteiger partial charge in [-0.2, -0.15) is 0 Å². The third-order valence-corrected chi connectivity index (χ3v) is 4.12. The molecule has 3 N–H and O–H groups in total. The second kappa shape index (κ2) is 6.74. The van der Waals surface area contributed by atoms with Gasteiger partial charge >= 0.3 is 5.97 Å². The summed E-state index contributed by atoms with van der Waals surface area (Å²) in [4.78, 5) is 25.6. The molecule has 1 fully saturated rings. The van der Waals surface area contributed by atoms with E-state index < -0.39 is 17.6 Å². The fourth-order valence-corrected chi connectivity index (χ4v) is 3.13. The maximum absolute atomic E-state index is 11.8. The molecule has 1 aliphatic heterocycles. The number of nitrogens with two attached hydrogens (primary N) is 1. The fourth-order valence-electron chi connectivity index (χ4n) is 3.13. The molecule has 23 heavy (non-hydrogen) atoms. The van der Waals surface area contributed by atoms with Gasteiger partial charge in [-0.1, -0.05) is 11.6 Å². The van der Waals surface area contributed by atoms with Crippen LogP contribution in [-0.2, 0) is 14.3 Å². The van der Waals surface area contributed by atoms with Crippen molar-refractivity contribution in [1.82, 2.24) is 4.90 Å². The van der Waals surface area contributed by atoms with Gasteiger partial charge in [0.25, 0.3) is 0 Å². The molecule has 1 saturated heterocycles. The molecule has 1 aliphatic carbocycles. The van der Waals surface area contributed by atoms with Crippen molar-refractivity contribution < 1.29 is 19.4 Å². The number of allylic oxidation sites excluding steroid dienone is 3. The van der Waals surface area contributed by atoms with E-state index in [1.807, 2.05) is 31.7 Å². The van der Waals surface area contributed by atoms with Crippen molar-refractivity contribution in [3.63, 3.8) is 0 Å². The molecule has 6 heteroatoms. The Labute approximate surface area is 137 Å². The first-order valence-corrected chi connectivity index (χ1v) is 7.99. The molecule has 0 radical (unpaired) electrons. The Morgan fingerprint density at radius 2 is 2.13 bits per heavy atom. The lowest BCUT2D eigenvalue weighted by molar-refractivity contribution is -0.155. The monoisotopic (exact) mass is 322 g/mol. The minimum Gasteiger partial charge on any atom is -0.512 e. The van der Waals surface area contributed by atoms with Gasteiger partial charge in [0.05, 0.1) is 11.8 Å². The average Bonchev–Trinajstić information content (AvgIpc) is 2.78. The van der Waals surface area contributed by atoms with Gasteiger partial charge < -0.3 is 15.6 Å². The zero-order valence-corrected chi connectivity index (χ0v) is 14.0. The molecule has 0 aromatic carbocycles. The van der Waals surface area contributed by atoms with Gasteiger partial charge in [0.2, 0.25) is 5.91 Å². The van der Waals surface area contributed by atoms with Crippen LogP contribution in [0.4, 0.5) is 0 Å². The highest BCUT2D eigenvalue weighted by Crippen LogP contribution is 2.32. The quantitative estimate of drug-likeness (QED) is 0.751. The molecule has 0 spiro atoms. The Hall–Kier alpha value is -1.82. The number of ether oxygens (including phenoxy) is 1. The fraction of sp³-hybridized carbons (Fsp3) is 0.647. The van der Waals surface area contributed by atoms with Crippen molar-refractivity contribution >= 4 is 11.9 Å². The minimum absolute atomic E-state index is 0.161. The van der Waals surface area contributed by atoms with Crippen molar-refractivity contribution in [3.05, 3.63) is 23.5 Å². The number of carbonyl (C=O) groups excluding carboxylic acids is 2. The first-order valence-electron chi connectivity index (χ1n) is 7.99. The molecule has 2 aliphatic rings. The third-order valence-electron chi connectivity index (χ3n) is 4.12. The number of fused-ring (bicyclic) bond motifs is 1. The molecule has 2 atom stereocenters. The second-order valence-electron chi connectivity index (χ2n) is 7.27. The van der Waals surface area contributed by atoms with Gasteiger partial charge in [-0.3, -0.25) is 14.5 Å². The lowest BCUT2D eigenvalue weighted by Crippen LogP contribution is -2.44. The van der Waals surface area contributed by atoms with Crippen LogP contribution < -0.4 is 5.73 Å². The molecular formula is C17H26N2O4. The van der Waals surface area contributed by atoms with Crippen molar-refractivity contribution in [2.75, 3.05) is 13.1 Å². The van der Waals surface area contributed by atoms with E-state index in [1.54, 1.807) is 6.08 Å². The van der Waals surface area contributed by atoms with Gasteiger partial charge in [0.1, 0.15) is 5.60 Å². The Balaban J connectivity index is 1.93. The lowest BCUT2D eigenvalue weighted by atomic mass is 9.94. The first kappa shape index (κ1) is 17.5. The van der Waals surface area contributed by atoms with Crippen LogP contribution in [0.25, 0.3) is 0 Å². The topological polar surface area (TPSA) is 92.9 Å². The molecule has 1 amide bonds. The average molecular weight is 322 g/mol. The molecule has 0 saturated carbocycles. The summed E-state index contributed by atoms with van der Waals surface area (Å²) in [6.07, 6.45) is 4.73. The summed E-state index contributed by atoms with van der Waals surface area (Å²) in [6.45, 7) is 6.76. The highest BCUT2D eigenvalue weighted by molar-refractivity contribution is 5.81. The van der Waals surface area contributed by atoms with E-state index in [-0.39, 0.29) is 18.3 Å². The predicted molar refractivity (Wildman–Crippen MR) is 86.5 cm³/mol. The van der Waals surface area contributed by atoms with Crippen LogP contribution in [0.15, 0.2) is 23.5 Å². The predicted octanol–water partition coefficient (Wildman–Crippen LogP) is 1.67. The Morgan fingerprint density at radius 1 is 1.43 bits per heavy atom. The first-order chi connectivity index (χ1) is 10.7. The molecular weight excluding hydrogens is 296 g/mol. The summed E-state index contributed by atoms with van der Waals surface area (Å²) in [6, 6.07) is -0.490. The van der Waals surface area contributed by atoms with Gasteiger partial charge in [-0.15, -0.1) is 0 Å². The molecule has 6 nitrogen and oxygen atoms in total. The van der Waals surface area contributed by atoms with Crippen LogP contribution in [0, 0.1) is 5.92 Å². The van der Waals surface area contributed by atoms with E-state index in [4.69, 9.17) is 10.5 Å². The van der Waals surface area contributed by atoms with Crippen molar-refractivity contribution in [2.45, 2.75) is 51.7 Å². The smallest absolute Gasteiger partial charge is 0.306 e. The molecule has 0 bridgehead atoms. The van der Waals surface area contributed by atoms with Gasteiger partial charge in [0, 0.05) is 31.8 Å². The molecule has 128 valence electrons. The van der Waals surface area contributed by atoms with Crippen molar-refractivity contribution in [1.29, 1.82) is 0 Å². The molecule has 2 rings (SSSR count). The van der Waals surface area contributed by atoms with E-state index in [0.717, 1.165) is 0 Å². The summed E-state index contributed by atoms with van der Waals surface area (Å²) in [5.41, 5.74) is 6.20. The van der Waals surface area contributed by atoms with Crippen LogP contribution >= 0.6 is 0 Å². The molecule has 0 aromatic rings. The van der Waals surface area contributed by atoms with E-state index in [9.17, 15) is 14.7 Å². The van der Waals surface area contributed by atoms with E-state index in [1.165, 1.54) is 5.57 Å². The largest absolute Gasteiger partial charge is 0.512 e. The van der Waals surface area contributed by atoms with Crippen LogP contribution in [0.1, 0.15) is 40.0 Å². The van der Waals surface area contributed by atoms with Crippen LogP contribution in [-0.4, -0.2) is 46.6 Å². The summed E-state index contributed by atoms with van der Waals surface area (Å²) in [5.74, 6) is -0.155. The van der Waals surface area contributed by atoms with Crippen molar-refractivity contribution in [3.8, 4) is 0 Å². The van der Waals surface area contributed by atoms with Crippen LogP contribution in [0.2, 0.25) is 0 Å². The summed E-state index contributed by atoms with van der Waals surface area (Å²) in [5, 5.41) is 9.62. The zero-order valence-electron chi connectivity index (χ0n) is 14.0. The highest BCUT2D eigenvalue weighted by atomic mass is 16.6. The Bertz CT molecular complexity index is 545. The number of primary amides is 1. The van der Waals surface area contributed by atoms with Crippen molar-refractivity contribution in [2.24, 2.45) is 11.7 Å². The Kier molecular flexibility index (Phi) is 5.14. The van der Waals surface area contributed by atoms with Gasteiger partial charge in [0.15, 0.2) is 0 Å². The maximum atomic E-state index is 11.8. The summed E-state index contributed by atoms with van der Waals surface area (Å²) in [7, 11) is 0. The number of aliphatic hydroxyl groups is 1. The number of aliphatic hydroxyl groups excluding tert-OH is 1. The maximum Gasteiger partial charge on any atom is 0.306 e. The van der Waals surface area contributed by atoms with Crippen LogP contribution in [0.3, 0.4) is 0 Å². The number of esters is 1. The Morgan fingerprint density at radius 3 is 2.74 bits per heavy atom. The van der Waals surface area contributed by atoms with E-state index >= 15 is 0 Å². The van der Waals surface area contributed by atoms with Crippen LogP contribution in [0.5, 0.6) is 0 Å². The second-order valence-corrected chi connectivity index (χ2v) is 7.27. The number of nitrogens with zero attached hydrogens (tertiary/aromatic N) is 1. The highest BCUT2D eigenvalue weighted by Gasteiger charge is 2.35.